The SMILES string of the molecule is C=CC(=C)C.CCCC(C)C.CCC[C@H]1CCCN1Cc1ccc(C(=O)NC(CCSC)C(=O)O)c(-c2ccccc2C)c1. The third-order valence-corrected chi connectivity index (χ3v) is 8.34. The predicted molar refractivity (Wildman–Crippen MR) is 192 cm³/mol. The standard InChI is InChI=1S/C27H36N2O3S.C6H14.C5H8/c1-4-8-21-10-7-15-29(21)18-20-12-13-23(24(17-20)22-11-6-5-9-19(22)2)26(30)28-25(27(31)32)14-16-33-3;1-4-5-6(2)3;1-4-5(2)3/h5-6,9,11-13,17,21,25H,4,7-8,10,14-16,18H2,1-3H3,(H,28,30)(H,31,32);6H,4-5H2,1-3H3;4H,1-2H2,3H3/t21-,25?;;/m0../s1. The van der Waals surface area contributed by atoms with Gasteiger partial charge in [0.05, 0.1) is 0 Å². The third kappa shape index (κ3) is 14.3. The molecule has 2 aromatic carbocycles. The minimum absolute atomic E-state index is 0.335. The van der Waals surface area contributed by atoms with Crippen molar-refractivity contribution in [3.05, 3.63) is 84.0 Å². The van der Waals surface area contributed by atoms with Gasteiger partial charge in [-0.2, -0.15) is 11.8 Å². The average Bonchev–Trinajstić information content (AvgIpc) is 3.42. The molecule has 0 aliphatic carbocycles. The number of carboxylic acids is 1. The fourth-order valence-corrected chi connectivity index (χ4v) is 5.76. The Hall–Kier alpha value is -2.83. The van der Waals surface area contributed by atoms with Gasteiger partial charge in [-0.15, -0.1) is 0 Å². The zero-order chi connectivity index (χ0) is 33.1. The van der Waals surface area contributed by atoms with E-state index in [2.05, 4.69) is 57.1 Å². The van der Waals surface area contributed by atoms with Crippen LogP contribution in [0.15, 0.2) is 67.3 Å². The van der Waals surface area contributed by atoms with Gasteiger partial charge in [-0.05, 0) is 98.4 Å². The number of nitrogens with one attached hydrogen (secondary N) is 1. The largest absolute Gasteiger partial charge is 0.480 e. The first kappa shape index (κ1) is 39.2. The highest BCUT2D eigenvalue weighted by molar-refractivity contribution is 7.98. The number of likely N-dealkylation sites (tertiary alicyclic amines) is 1. The highest BCUT2D eigenvalue weighted by atomic mass is 32.2. The van der Waals surface area contributed by atoms with Crippen molar-refractivity contribution in [1.82, 2.24) is 10.2 Å². The van der Waals surface area contributed by atoms with Crippen LogP contribution in [0, 0.1) is 12.8 Å². The van der Waals surface area contributed by atoms with E-state index in [1.54, 1.807) is 17.8 Å². The van der Waals surface area contributed by atoms with Crippen molar-refractivity contribution in [3.63, 3.8) is 0 Å². The van der Waals surface area contributed by atoms with Crippen LogP contribution in [0.1, 0.15) is 101 Å². The Morgan fingerprint density at radius 3 is 2.32 bits per heavy atom. The maximum Gasteiger partial charge on any atom is 0.326 e. The number of hydrogen-bond acceptors (Lipinski definition) is 4. The molecule has 2 N–H and O–H groups in total. The Kier molecular flexibility index (Phi) is 19.4. The van der Waals surface area contributed by atoms with Crippen LogP contribution >= 0.6 is 11.8 Å². The molecule has 0 aromatic heterocycles. The van der Waals surface area contributed by atoms with E-state index in [1.165, 1.54) is 44.1 Å². The van der Waals surface area contributed by atoms with Gasteiger partial charge in [0.2, 0.25) is 0 Å². The van der Waals surface area contributed by atoms with Crippen LogP contribution in [0.2, 0.25) is 0 Å². The number of benzene rings is 2. The minimum Gasteiger partial charge on any atom is -0.480 e. The number of rotatable bonds is 14. The van der Waals surface area contributed by atoms with Crippen LogP contribution in [-0.2, 0) is 11.3 Å². The molecule has 244 valence electrons. The summed E-state index contributed by atoms with van der Waals surface area (Å²) in [5.74, 6) is 0.242. The van der Waals surface area contributed by atoms with E-state index >= 15 is 0 Å². The predicted octanol–water partition coefficient (Wildman–Crippen LogP) is 9.55. The van der Waals surface area contributed by atoms with Crippen LogP contribution < -0.4 is 5.32 Å². The third-order valence-electron chi connectivity index (χ3n) is 7.70. The van der Waals surface area contributed by atoms with Crippen molar-refractivity contribution in [2.75, 3.05) is 18.6 Å². The summed E-state index contributed by atoms with van der Waals surface area (Å²) in [6.07, 6.45) is 11.7. The topological polar surface area (TPSA) is 69.6 Å². The molecule has 1 aliphatic heterocycles. The van der Waals surface area contributed by atoms with E-state index < -0.39 is 12.0 Å². The molecule has 0 spiro atoms. The van der Waals surface area contributed by atoms with Gasteiger partial charge in [0.1, 0.15) is 6.04 Å². The summed E-state index contributed by atoms with van der Waals surface area (Å²) in [5.41, 5.74) is 5.69. The number of aryl methyl sites for hydroxylation is 1. The number of carboxylic acid groups (broad SMARTS) is 1. The van der Waals surface area contributed by atoms with Crippen LogP contribution in [-0.4, -0.2) is 52.5 Å². The molecule has 44 heavy (non-hydrogen) atoms. The number of thioether (sulfide) groups is 1. The van der Waals surface area contributed by atoms with E-state index in [1.807, 2.05) is 56.5 Å². The summed E-state index contributed by atoms with van der Waals surface area (Å²) in [7, 11) is 0. The zero-order valence-electron chi connectivity index (χ0n) is 28.5. The van der Waals surface area contributed by atoms with Gasteiger partial charge in [0.25, 0.3) is 5.91 Å². The Balaban J connectivity index is 0.000000752. The van der Waals surface area contributed by atoms with Crippen molar-refractivity contribution in [2.24, 2.45) is 5.92 Å². The molecule has 0 bridgehead atoms. The fraction of sp³-hybridized carbons (Fsp3) is 0.526. The van der Waals surface area contributed by atoms with E-state index in [-0.39, 0.29) is 5.91 Å². The highest BCUT2D eigenvalue weighted by Gasteiger charge is 2.25. The smallest absolute Gasteiger partial charge is 0.326 e. The van der Waals surface area contributed by atoms with Gasteiger partial charge >= 0.3 is 5.97 Å². The molecule has 1 heterocycles. The summed E-state index contributed by atoms with van der Waals surface area (Å²) in [4.78, 5) is 27.5. The first-order valence-corrected chi connectivity index (χ1v) is 17.6. The number of carbonyl (C=O) groups is 2. The Morgan fingerprint density at radius 1 is 1.11 bits per heavy atom. The van der Waals surface area contributed by atoms with Gasteiger partial charge in [0.15, 0.2) is 0 Å². The van der Waals surface area contributed by atoms with E-state index in [0.29, 0.717) is 23.8 Å². The summed E-state index contributed by atoms with van der Waals surface area (Å²) in [6, 6.07) is 13.8. The molecular formula is C38H58N2O3S. The number of hydrogen-bond donors (Lipinski definition) is 2. The summed E-state index contributed by atoms with van der Waals surface area (Å²) in [5, 5.41) is 12.3. The maximum absolute atomic E-state index is 13.2. The molecule has 6 heteroatoms. The molecule has 2 atom stereocenters. The lowest BCUT2D eigenvalue weighted by atomic mass is 9.93. The molecular weight excluding hydrogens is 564 g/mol. The Morgan fingerprint density at radius 2 is 1.80 bits per heavy atom. The van der Waals surface area contributed by atoms with Crippen LogP contribution in [0.3, 0.4) is 0 Å². The molecule has 3 rings (SSSR count). The minimum atomic E-state index is -0.998. The average molecular weight is 623 g/mol. The summed E-state index contributed by atoms with van der Waals surface area (Å²) in [6.45, 7) is 21.9. The Labute approximate surface area is 272 Å². The number of amides is 1. The Bertz CT molecular complexity index is 1180. The second-order valence-electron chi connectivity index (χ2n) is 12.1. The summed E-state index contributed by atoms with van der Waals surface area (Å²) >= 11 is 1.57. The molecule has 0 saturated carbocycles. The van der Waals surface area contributed by atoms with E-state index in [4.69, 9.17) is 0 Å². The van der Waals surface area contributed by atoms with Crippen molar-refractivity contribution >= 4 is 23.6 Å². The van der Waals surface area contributed by atoms with Gasteiger partial charge in [-0.1, -0.05) is 102 Å². The lowest BCUT2D eigenvalue weighted by Crippen LogP contribution is -2.41. The second-order valence-corrected chi connectivity index (χ2v) is 13.1. The maximum atomic E-state index is 13.2. The molecule has 1 amide bonds. The molecule has 1 fully saturated rings. The van der Waals surface area contributed by atoms with Crippen molar-refractivity contribution in [3.8, 4) is 11.1 Å². The molecule has 1 unspecified atom stereocenters. The first-order valence-electron chi connectivity index (χ1n) is 16.2. The van der Waals surface area contributed by atoms with Gasteiger partial charge in [-0.3, -0.25) is 9.69 Å². The van der Waals surface area contributed by atoms with Gasteiger partial charge in [-0.25, -0.2) is 4.79 Å². The van der Waals surface area contributed by atoms with Gasteiger partial charge in [0, 0.05) is 18.2 Å². The summed E-state index contributed by atoms with van der Waals surface area (Å²) < 4.78 is 0. The van der Waals surface area contributed by atoms with Crippen LogP contribution in [0.5, 0.6) is 0 Å². The molecule has 1 aliphatic rings. The quantitative estimate of drug-likeness (QED) is 0.205. The second kappa shape index (κ2) is 21.8. The van der Waals surface area contributed by atoms with E-state index in [9.17, 15) is 14.7 Å². The normalized spacial score (nSPS) is 15.0. The fourth-order valence-electron chi connectivity index (χ4n) is 5.29. The lowest BCUT2D eigenvalue weighted by Gasteiger charge is -2.25. The molecule has 5 nitrogen and oxygen atoms in total. The zero-order valence-corrected chi connectivity index (χ0v) is 29.3. The number of nitrogens with zero attached hydrogens (tertiary/aromatic N) is 1. The molecule has 2 aromatic rings. The van der Waals surface area contributed by atoms with Crippen molar-refractivity contribution in [1.29, 1.82) is 0 Å². The van der Waals surface area contributed by atoms with Crippen molar-refractivity contribution in [2.45, 2.75) is 105 Å². The monoisotopic (exact) mass is 622 g/mol. The molecule has 0 radical (unpaired) electrons. The number of aliphatic carboxylic acids is 1. The molecule has 1 saturated heterocycles. The van der Waals surface area contributed by atoms with Gasteiger partial charge < -0.3 is 10.4 Å². The number of carbonyl (C=O) groups excluding carboxylic acids is 1. The number of allylic oxidation sites excluding steroid dienone is 2. The highest BCUT2D eigenvalue weighted by Crippen LogP contribution is 2.30. The van der Waals surface area contributed by atoms with Crippen LogP contribution in [0.25, 0.3) is 11.1 Å². The van der Waals surface area contributed by atoms with E-state index in [0.717, 1.165) is 41.3 Å². The lowest BCUT2D eigenvalue weighted by molar-refractivity contribution is -0.139. The van der Waals surface area contributed by atoms with Crippen molar-refractivity contribution < 1.29 is 14.7 Å². The first-order chi connectivity index (χ1) is 21.0. The van der Waals surface area contributed by atoms with Crippen LogP contribution in [0.4, 0.5) is 0 Å².